The monoisotopic (exact) mass is 151 g/mol. The molecular formula is H8BrO4-. The van der Waals surface area contributed by atoms with E-state index in [1.54, 1.807) is 0 Å². The van der Waals surface area contributed by atoms with Crippen LogP contribution in [0.4, 0.5) is 0 Å². The van der Waals surface area contributed by atoms with E-state index < -0.39 is 0 Å². The zero-order valence-corrected chi connectivity index (χ0v) is 3.96. The average molecular weight is 152 g/mol. The number of rotatable bonds is 0. The van der Waals surface area contributed by atoms with Gasteiger partial charge in [-0.05, 0) is 0 Å². The van der Waals surface area contributed by atoms with Gasteiger partial charge in [-0.2, -0.15) is 0 Å². The second-order valence-corrected chi connectivity index (χ2v) is 0. The molecule has 0 rings (SSSR count). The third-order valence-corrected chi connectivity index (χ3v) is 0. The number of hydrogen-bond acceptors (Lipinski definition) is 0. The van der Waals surface area contributed by atoms with Crippen LogP contribution in [0.15, 0.2) is 0 Å². The molecule has 5 heteroatoms. The van der Waals surface area contributed by atoms with E-state index >= 15 is 0 Å². The van der Waals surface area contributed by atoms with Gasteiger partial charge in [0.2, 0.25) is 0 Å². The van der Waals surface area contributed by atoms with Crippen molar-refractivity contribution < 1.29 is 38.9 Å². The Morgan fingerprint density at radius 3 is 0.400 bits per heavy atom. The van der Waals surface area contributed by atoms with Crippen molar-refractivity contribution in [2.75, 3.05) is 0 Å². The Hall–Kier alpha value is 0.320. The lowest BCUT2D eigenvalue weighted by atomic mass is 16.0. The van der Waals surface area contributed by atoms with Gasteiger partial charge in [-0.25, -0.2) is 0 Å². The van der Waals surface area contributed by atoms with E-state index in [0.29, 0.717) is 0 Å². The summed E-state index contributed by atoms with van der Waals surface area (Å²) in [5.74, 6) is 0. The summed E-state index contributed by atoms with van der Waals surface area (Å²) in [5.41, 5.74) is 0. The Balaban J connectivity index is 0. The SMILES string of the molecule is O.O.O.O.[Br-]. The van der Waals surface area contributed by atoms with Crippen LogP contribution in [0, 0.1) is 0 Å². The maximum Gasteiger partial charge on any atom is -0.412 e. The van der Waals surface area contributed by atoms with Crippen LogP contribution >= 0.6 is 0 Å². The highest BCUT2D eigenvalue weighted by Gasteiger charge is -0.409. The lowest BCUT2D eigenvalue weighted by molar-refractivity contribution is -0.00000484. The Morgan fingerprint density at radius 1 is 0.400 bits per heavy atom. The van der Waals surface area contributed by atoms with Gasteiger partial charge in [0.1, 0.15) is 0 Å². The van der Waals surface area contributed by atoms with Crippen LogP contribution in [0.2, 0.25) is 0 Å². The van der Waals surface area contributed by atoms with Crippen molar-refractivity contribution in [2.24, 2.45) is 0 Å². The highest BCUT2D eigenvalue weighted by molar-refractivity contribution is 0.827. The fourth-order valence-electron chi connectivity index (χ4n) is 0. The smallest absolute Gasteiger partial charge is 0.412 e. The molecule has 40 valence electrons. The van der Waals surface area contributed by atoms with E-state index in [2.05, 4.69) is 0 Å². The van der Waals surface area contributed by atoms with Crippen molar-refractivity contribution in [1.29, 1.82) is 0 Å². The molecule has 0 aliphatic carbocycles. The Bertz CT molecular complexity index is 3.61. The van der Waals surface area contributed by atoms with Gasteiger partial charge in [0.25, 0.3) is 0 Å². The Morgan fingerprint density at radius 2 is 0.400 bits per heavy atom. The third-order valence-electron chi connectivity index (χ3n) is 0. The van der Waals surface area contributed by atoms with Crippen LogP contribution in [0.5, 0.6) is 0 Å². The van der Waals surface area contributed by atoms with Gasteiger partial charge >= 0.3 is 0 Å². The zero-order chi connectivity index (χ0) is 0. The second-order valence-electron chi connectivity index (χ2n) is 0. The molecule has 0 aromatic carbocycles. The van der Waals surface area contributed by atoms with E-state index in [1.165, 1.54) is 0 Å². The molecule has 0 aliphatic heterocycles. The average Bonchev–Trinajstić information content (AvgIpc) is 0. The quantitative estimate of drug-likeness (QED) is 0.327. The molecule has 0 amide bonds. The standard InChI is InChI=1S/BrH.4H2O/h1H;4*1H2/p-1. The van der Waals surface area contributed by atoms with Crippen molar-refractivity contribution in [2.45, 2.75) is 0 Å². The van der Waals surface area contributed by atoms with E-state index in [4.69, 9.17) is 0 Å². The van der Waals surface area contributed by atoms with Crippen LogP contribution in [-0.4, -0.2) is 21.9 Å². The van der Waals surface area contributed by atoms with E-state index in [-0.39, 0.29) is 38.9 Å². The Kier molecular flexibility index (Phi) is 90200. The number of halogens is 1. The first-order chi connectivity index (χ1) is 0. The van der Waals surface area contributed by atoms with Gasteiger partial charge < -0.3 is 38.9 Å². The summed E-state index contributed by atoms with van der Waals surface area (Å²) in [6.45, 7) is 0. The molecule has 0 radical (unpaired) electrons. The van der Waals surface area contributed by atoms with Crippen LogP contribution in [0.25, 0.3) is 0 Å². The van der Waals surface area contributed by atoms with Crippen molar-refractivity contribution >= 4 is 0 Å². The largest absolute Gasteiger partial charge is 1.00 e. The summed E-state index contributed by atoms with van der Waals surface area (Å²) in [4.78, 5) is 0. The topological polar surface area (TPSA) is 126 Å². The van der Waals surface area contributed by atoms with Gasteiger partial charge in [-0.15, -0.1) is 0 Å². The molecule has 0 atom stereocenters. The first-order valence-corrected chi connectivity index (χ1v) is 0. The normalized spacial score (nSPS) is 0. The van der Waals surface area contributed by atoms with E-state index in [9.17, 15) is 0 Å². The second kappa shape index (κ2) is 465. The predicted octanol–water partition coefficient (Wildman–Crippen LogP) is -6.29. The maximum absolute atomic E-state index is 0. The lowest BCUT2D eigenvalue weighted by Crippen LogP contribution is -3.00. The summed E-state index contributed by atoms with van der Waals surface area (Å²) in [5, 5.41) is 0. The molecule has 0 aromatic rings. The van der Waals surface area contributed by atoms with Gasteiger partial charge in [-0.3, -0.25) is 0 Å². The third kappa shape index (κ3) is 227. The maximum atomic E-state index is 0. The van der Waals surface area contributed by atoms with Gasteiger partial charge in [0, 0.05) is 0 Å². The van der Waals surface area contributed by atoms with Crippen molar-refractivity contribution in [1.82, 2.24) is 0 Å². The summed E-state index contributed by atoms with van der Waals surface area (Å²) in [6.07, 6.45) is 0. The van der Waals surface area contributed by atoms with Crippen molar-refractivity contribution in [3.63, 3.8) is 0 Å². The molecular weight excluding hydrogens is 144 g/mol. The highest BCUT2D eigenvalue weighted by Crippen LogP contribution is -0.286. The van der Waals surface area contributed by atoms with Gasteiger partial charge in [0.05, 0.1) is 0 Å². The van der Waals surface area contributed by atoms with Crippen LogP contribution in [-0.2, 0) is 0 Å². The molecule has 0 spiro atoms. The first-order valence-electron chi connectivity index (χ1n) is 0. The fourth-order valence-corrected chi connectivity index (χ4v) is 0. The summed E-state index contributed by atoms with van der Waals surface area (Å²) in [7, 11) is 0. The van der Waals surface area contributed by atoms with Crippen LogP contribution in [0.3, 0.4) is 0 Å². The minimum Gasteiger partial charge on any atom is -1.00 e. The van der Waals surface area contributed by atoms with Crippen LogP contribution < -0.4 is 17.0 Å². The number of hydrogen-bond donors (Lipinski definition) is 0. The van der Waals surface area contributed by atoms with Crippen molar-refractivity contribution in [3.8, 4) is 0 Å². The van der Waals surface area contributed by atoms with Crippen LogP contribution in [0.1, 0.15) is 0 Å². The molecule has 0 saturated heterocycles. The molecule has 4 nitrogen and oxygen atoms in total. The molecule has 5 heavy (non-hydrogen) atoms. The minimum absolute atomic E-state index is 0. The van der Waals surface area contributed by atoms with E-state index in [0.717, 1.165) is 0 Å². The highest BCUT2D eigenvalue weighted by atomic mass is 79.9. The van der Waals surface area contributed by atoms with Gasteiger partial charge in [0.15, 0.2) is 0 Å². The molecule has 0 fully saturated rings. The molecule has 8 N–H and O–H groups in total. The predicted molar refractivity (Wildman–Crippen MR) is 14.5 cm³/mol. The lowest BCUT2D eigenvalue weighted by Gasteiger charge is -1.00. The summed E-state index contributed by atoms with van der Waals surface area (Å²) in [6, 6.07) is 0. The molecule has 0 unspecified atom stereocenters. The fraction of sp³-hybridized carbons (Fsp3) is 0. The zero-order valence-electron chi connectivity index (χ0n) is 2.38. The first kappa shape index (κ1) is 970. The molecule has 0 heterocycles. The molecule has 0 bridgehead atoms. The Labute approximate surface area is 39.8 Å². The summed E-state index contributed by atoms with van der Waals surface area (Å²) >= 11 is 0. The van der Waals surface area contributed by atoms with E-state index in [1.807, 2.05) is 0 Å². The molecule has 0 aliphatic rings. The summed E-state index contributed by atoms with van der Waals surface area (Å²) < 4.78 is 0. The van der Waals surface area contributed by atoms with Gasteiger partial charge in [-0.1, -0.05) is 0 Å². The molecule has 0 aromatic heterocycles. The molecule has 0 saturated carbocycles. The van der Waals surface area contributed by atoms with Crippen molar-refractivity contribution in [3.05, 3.63) is 0 Å². The minimum atomic E-state index is 0.